The molecule has 0 aliphatic heterocycles. The monoisotopic (exact) mass is 243 g/mol. The molecule has 0 saturated heterocycles. The number of aryl methyl sites for hydroxylation is 1. The first-order valence-electron chi connectivity index (χ1n) is 5.67. The van der Waals surface area contributed by atoms with Crippen molar-refractivity contribution in [1.29, 1.82) is 0 Å². The molecule has 4 heteroatoms. The van der Waals surface area contributed by atoms with E-state index in [1.165, 1.54) is 0 Å². The molecule has 18 heavy (non-hydrogen) atoms. The van der Waals surface area contributed by atoms with E-state index in [-0.39, 0.29) is 5.69 Å². The lowest BCUT2D eigenvalue weighted by Crippen LogP contribution is -2.00. The van der Waals surface area contributed by atoms with Gasteiger partial charge in [-0.2, -0.15) is 0 Å². The van der Waals surface area contributed by atoms with Gasteiger partial charge >= 0.3 is 5.97 Å². The molecule has 0 aliphatic rings. The predicted octanol–water partition coefficient (Wildman–Crippen LogP) is 3.11. The third-order valence-corrected chi connectivity index (χ3v) is 2.46. The smallest absolute Gasteiger partial charge is 0.358 e. The lowest BCUT2D eigenvalue weighted by molar-refractivity contribution is 0.0689. The molecule has 92 valence electrons. The van der Waals surface area contributed by atoms with Crippen LogP contribution in [0.4, 0.5) is 0 Å². The molecule has 2 aromatic rings. The highest BCUT2D eigenvalue weighted by Crippen LogP contribution is 2.14. The van der Waals surface area contributed by atoms with E-state index < -0.39 is 5.97 Å². The number of carboxylic acid groups (broad SMARTS) is 1. The lowest BCUT2D eigenvalue weighted by atomic mass is 10.2. The maximum Gasteiger partial charge on any atom is 0.358 e. The molecule has 0 saturated carbocycles. The topological polar surface area (TPSA) is 63.3 Å². The van der Waals surface area contributed by atoms with Gasteiger partial charge in [-0.25, -0.2) is 9.78 Å². The molecule has 4 nitrogen and oxygen atoms in total. The fourth-order valence-corrected chi connectivity index (χ4v) is 1.58. The van der Waals surface area contributed by atoms with Crippen LogP contribution in [0.15, 0.2) is 34.7 Å². The van der Waals surface area contributed by atoms with Gasteiger partial charge in [0, 0.05) is 12.5 Å². The fourth-order valence-electron chi connectivity index (χ4n) is 1.58. The summed E-state index contributed by atoms with van der Waals surface area (Å²) in [6.07, 6.45) is 4.01. The van der Waals surface area contributed by atoms with Crippen molar-refractivity contribution in [3.05, 3.63) is 53.2 Å². The molecule has 1 N–H and O–H groups in total. The Bertz CT molecular complexity index is 570. The number of carboxylic acids is 1. The second kappa shape index (κ2) is 5.31. The van der Waals surface area contributed by atoms with Gasteiger partial charge in [-0.05, 0) is 11.6 Å². The highest BCUT2D eigenvalue weighted by Gasteiger charge is 2.16. The standard InChI is InChI=1S/C14H13NO3/c1-2-11-13(14(16)17)15-12(18-11)9-8-10-6-4-3-5-7-10/h3-9H,2H2,1H3,(H,16,17). The van der Waals surface area contributed by atoms with Crippen LogP contribution < -0.4 is 0 Å². The van der Waals surface area contributed by atoms with Crippen LogP contribution in [0, 0.1) is 0 Å². The number of hydrogen-bond acceptors (Lipinski definition) is 3. The Kier molecular flexibility index (Phi) is 3.57. The van der Waals surface area contributed by atoms with E-state index in [0.29, 0.717) is 18.1 Å². The van der Waals surface area contributed by atoms with Gasteiger partial charge in [0.2, 0.25) is 5.89 Å². The SMILES string of the molecule is CCc1oc(C=Cc2ccccc2)nc1C(=O)O. The van der Waals surface area contributed by atoms with Crippen LogP contribution in [-0.4, -0.2) is 16.1 Å². The van der Waals surface area contributed by atoms with Crippen LogP contribution in [0.1, 0.15) is 34.6 Å². The summed E-state index contributed by atoms with van der Waals surface area (Å²) in [5.74, 6) is -0.349. The van der Waals surface area contributed by atoms with Crippen molar-refractivity contribution in [2.45, 2.75) is 13.3 Å². The first kappa shape index (κ1) is 12.1. The normalized spacial score (nSPS) is 10.9. The third-order valence-electron chi connectivity index (χ3n) is 2.46. The molecule has 0 unspecified atom stereocenters. The Morgan fingerprint density at radius 1 is 1.33 bits per heavy atom. The number of aromatic carboxylic acids is 1. The molecular weight excluding hydrogens is 230 g/mol. The average Bonchev–Trinajstić information content (AvgIpc) is 2.81. The van der Waals surface area contributed by atoms with Crippen LogP contribution in [-0.2, 0) is 6.42 Å². The van der Waals surface area contributed by atoms with Gasteiger partial charge in [-0.15, -0.1) is 0 Å². The first-order chi connectivity index (χ1) is 8.70. The van der Waals surface area contributed by atoms with Gasteiger partial charge in [0.1, 0.15) is 5.76 Å². The molecule has 0 amide bonds. The van der Waals surface area contributed by atoms with Gasteiger partial charge in [0.15, 0.2) is 5.69 Å². The van der Waals surface area contributed by atoms with Crippen LogP contribution in [0.5, 0.6) is 0 Å². The molecular formula is C14H13NO3. The molecule has 0 aliphatic carbocycles. The second-order valence-corrected chi connectivity index (χ2v) is 3.73. The summed E-state index contributed by atoms with van der Waals surface area (Å²) in [5.41, 5.74) is 0.996. The zero-order valence-corrected chi connectivity index (χ0v) is 9.96. The van der Waals surface area contributed by atoms with E-state index >= 15 is 0 Å². The predicted molar refractivity (Wildman–Crippen MR) is 68.2 cm³/mol. The third kappa shape index (κ3) is 2.66. The minimum atomic E-state index is -1.06. The summed E-state index contributed by atoms with van der Waals surface area (Å²) in [7, 11) is 0. The van der Waals surface area contributed by atoms with Crippen LogP contribution in [0.3, 0.4) is 0 Å². The molecule has 1 aromatic heterocycles. The summed E-state index contributed by atoms with van der Waals surface area (Å²) in [4.78, 5) is 14.9. The number of rotatable bonds is 4. The van der Waals surface area contributed by atoms with Crippen LogP contribution >= 0.6 is 0 Å². The van der Waals surface area contributed by atoms with Crippen molar-refractivity contribution in [3.63, 3.8) is 0 Å². The number of carbonyl (C=O) groups is 1. The van der Waals surface area contributed by atoms with Crippen LogP contribution in [0.25, 0.3) is 12.2 Å². The van der Waals surface area contributed by atoms with Crippen LogP contribution in [0.2, 0.25) is 0 Å². The number of nitrogens with zero attached hydrogens (tertiary/aromatic N) is 1. The molecule has 0 atom stereocenters. The Hall–Kier alpha value is -2.36. The number of benzene rings is 1. The number of oxazole rings is 1. The molecule has 2 rings (SSSR count). The fraction of sp³-hybridized carbons (Fsp3) is 0.143. The van der Waals surface area contributed by atoms with Gasteiger partial charge in [0.25, 0.3) is 0 Å². The van der Waals surface area contributed by atoms with E-state index in [2.05, 4.69) is 4.98 Å². The largest absolute Gasteiger partial charge is 0.476 e. The molecule has 1 aromatic carbocycles. The van der Waals surface area contributed by atoms with Crippen molar-refractivity contribution in [3.8, 4) is 0 Å². The molecule has 0 spiro atoms. The maximum absolute atomic E-state index is 10.9. The summed E-state index contributed by atoms with van der Waals surface area (Å²) in [5, 5.41) is 8.95. The van der Waals surface area contributed by atoms with Crippen molar-refractivity contribution in [2.75, 3.05) is 0 Å². The van der Waals surface area contributed by atoms with Gasteiger partial charge in [-0.3, -0.25) is 0 Å². The van der Waals surface area contributed by atoms with Crippen molar-refractivity contribution in [1.82, 2.24) is 4.98 Å². The Balaban J connectivity index is 2.25. The molecule has 1 heterocycles. The molecule has 0 radical (unpaired) electrons. The highest BCUT2D eigenvalue weighted by atomic mass is 16.4. The minimum Gasteiger partial charge on any atom is -0.476 e. The second-order valence-electron chi connectivity index (χ2n) is 3.73. The average molecular weight is 243 g/mol. The quantitative estimate of drug-likeness (QED) is 0.896. The Labute approximate surface area is 105 Å². The zero-order valence-electron chi connectivity index (χ0n) is 9.96. The summed E-state index contributed by atoms with van der Waals surface area (Å²) in [6, 6.07) is 9.67. The lowest BCUT2D eigenvalue weighted by Gasteiger charge is -1.89. The van der Waals surface area contributed by atoms with Crippen molar-refractivity contribution in [2.24, 2.45) is 0 Å². The molecule has 0 fully saturated rings. The van der Waals surface area contributed by atoms with Gasteiger partial charge in [0.05, 0.1) is 0 Å². The summed E-state index contributed by atoms with van der Waals surface area (Å²) >= 11 is 0. The Morgan fingerprint density at radius 3 is 2.61 bits per heavy atom. The van der Waals surface area contributed by atoms with Crippen molar-refractivity contribution >= 4 is 18.1 Å². The maximum atomic E-state index is 10.9. The van der Waals surface area contributed by atoms with E-state index in [0.717, 1.165) is 5.56 Å². The Morgan fingerprint density at radius 2 is 2.06 bits per heavy atom. The van der Waals surface area contributed by atoms with Gasteiger partial charge < -0.3 is 9.52 Å². The van der Waals surface area contributed by atoms with E-state index in [9.17, 15) is 4.79 Å². The number of hydrogen-bond donors (Lipinski definition) is 1. The minimum absolute atomic E-state index is 0.00906. The van der Waals surface area contributed by atoms with E-state index in [4.69, 9.17) is 9.52 Å². The van der Waals surface area contributed by atoms with Gasteiger partial charge in [-0.1, -0.05) is 37.3 Å². The summed E-state index contributed by atoms with van der Waals surface area (Å²) < 4.78 is 5.37. The summed E-state index contributed by atoms with van der Waals surface area (Å²) in [6.45, 7) is 1.83. The van der Waals surface area contributed by atoms with Crippen molar-refractivity contribution < 1.29 is 14.3 Å². The number of aromatic nitrogens is 1. The highest BCUT2D eigenvalue weighted by molar-refractivity contribution is 5.86. The zero-order chi connectivity index (χ0) is 13.0. The van der Waals surface area contributed by atoms with E-state index in [1.807, 2.05) is 43.3 Å². The van der Waals surface area contributed by atoms with E-state index in [1.54, 1.807) is 6.08 Å². The first-order valence-corrected chi connectivity index (χ1v) is 5.67. The molecule has 0 bridgehead atoms.